The Kier molecular flexibility index (Phi) is 5.39. The van der Waals surface area contributed by atoms with Crippen molar-refractivity contribution < 1.29 is 4.79 Å². The standard InChI is InChI=1S/C12H22N4O/c1-10-5-7-14-11(4-6-13)12(17)16(10)9-8-15(2)3/h10-11,14H,4-5,7-9H2,1-3H3. The number of hydrogen-bond acceptors (Lipinski definition) is 4. The molecule has 1 saturated heterocycles. The minimum atomic E-state index is -0.327. The Labute approximate surface area is 103 Å². The van der Waals surface area contributed by atoms with E-state index in [1.165, 1.54) is 0 Å². The molecule has 1 heterocycles. The smallest absolute Gasteiger partial charge is 0.241 e. The number of carbonyl (C=O) groups excluding carboxylic acids is 1. The van der Waals surface area contributed by atoms with Gasteiger partial charge in [0.15, 0.2) is 0 Å². The fourth-order valence-corrected chi connectivity index (χ4v) is 2.02. The van der Waals surface area contributed by atoms with E-state index in [1.54, 1.807) is 0 Å². The molecule has 2 atom stereocenters. The first-order valence-corrected chi connectivity index (χ1v) is 6.11. The molecule has 0 aliphatic carbocycles. The molecule has 0 aromatic carbocycles. The van der Waals surface area contributed by atoms with Gasteiger partial charge in [-0.3, -0.25) is 4.79 Å². The molecule has 1 fully saturated rings. The van der Waals surface area contributed by atoms with Crippen LogP contribution in [0.15, 0.2) is 0 Å². The molecule has 0 saturated carbocycles. The first-order valence-electron chi connectivity index (χ1n) is 6.11. The Bertz CT molecular complexity index is 297. The largest absolute Gasteiger partial charge is 0.337 e. The summed E-state index contributed by atoms with van der Waals surface area (Å²) in [5.41, 5.74) is 0. The Morgan fingerprint density at radius 2 is 2.29 bits per heavy atom. The van der Waals surface area contributed by atoms with E-state index in [2.05, 4.69) is 23.2 Å². The van der Waals surface area contributed by atoms with E-state index in [4.69, 9.17) is 5.26 Å². The van der Waals surface area contributed by atoms with Crippen LogP contribution in [0.1, 0.15) is 19.8 Å². The number of nitrogens with zero attached hydrogens (tertiary/aromatic N) is 3. The normalized spacial score (nSPS) is 25.8. The molecule has 0 bridgehead atoms. The summed E-state index contributed by atoms with van der Waals surface area (Å²) >= 11 is 0. The average molecular weight is 238 g/mol. The number of amides is 1. The summed E-state index contributed by atoms with van der Waals surface area (Å²) in [5.74, 6) is 0.0680. The minimum absolute atomic E-state index is 0.0680. The van der Waals surface area contributed by atoms with Crippen LogP contribution < -0.4 is 5.32 Å². The molecule has 0 aromatic rings. The van der Waals surface area contributed by atoms with Crippen LogP contribution in [0.5, 0.6) is 0 Å². The van der Waals surface area contributed by atoms with E-state index in [-0.39, 0.29) is 24.4 Å². The molecule has 5 nitrogen and oxygen atoms in total. The van der Waals surface area contributed by atoms with Gasteiger partial charge in [-0.25, -0.2) is 0 Å². The van der Waals surface area contributed by atoms with Crippen LogP contribution in [0.3, 0.4) is 0 Å². The maximum absolute atomic E-state index is 12.3. The zero-order valence-electron chi connectivity index (χ0n) is 10.9. The topological polar surface area (TPSA) is 59.4 Å². The number of nitrogens with one attached hydrogen (secondary N) is 1. The van der Waals surface area contributed by atoms with Crippen molar-refractivity contribution in [1.29, 1.82) is 5.26 Å². The SMILES string of the molecule is CC1CCNC(CC#N)C(=O)N1CCN(C)C. The molecule has 1 amide bonds. The van der Waals surface area contributed by atoms with Crippen molar-refractivity contribution in [2.75, 3.05) is 33.7 Å². The summed E-state index contributed by atoms with van der Waals surface area (Å²) in [5, 5.41) is 11.9. The van der Waals surface area contributed by atoms with Gasteiger partial charge in [0.2, 0.25) is 5.91 Å². The average Bonchev–Trinajstić information content (AvgIpc) is 2.38. The van der Waals surface area contributed by atoms with Crippen molar-refractivity contribution in [3.8, 4) is 6.07 Å². The third-order valence-corrected chi connectivity index (χ3v) is 3.15. The van der Waals surface area contributed by atoms with Crippen molar-refractivity contribution in [3.05, 3.63) is 0 Å². The lowest BCUT2D eigenvalue weighted by atomic mass is 10.1. The molecule has 0 radical (unpaired) electrons. The Balaban J connectivity index is 2.68. The van der Waals surface area contributed by atoms with Crippen LogP contribution in [-0.4, -0.2) is 61.5 Å². The van der Waals surface area contributed by atoms with Crippen LogP contribution in [0.25, 0.3) is 0 Å². The molecule has 5 heteroatoms. The van der Waals surface area contributed by atoms with Gasteiger partial charge in [-0.05, 0) is 34.0 Å². The van der Waals surface area contributed by atoms with Gasteiger partial charge < -0.3 is 15.1 Å². The van der Waals surface area contributed by atoms with Crippen LogP contribution in [0.2, 0.25) is 0 Å². The van der Waals surface area contributed by atoms with Crippen molar-refractivity contribution in [1.82, 2.24) is 15.1 Å². The van der Waals surface area contributed by atoms with E-state index in [9.17, 15) is 4.79 Å². The van der Waals surface area contributed by atoms with Gasteiger partial charge in [-0.1, -0.05) is 0 Å². The lowest BCUT2D eigenvalue weighted by Gasteiger charge is -2.29. The summed E-state index contributed by atoms with van der Waals surface area (Å²) in [6.45, 7) is 4.47. The molecule has 1 aliphatic heterocycles. The number of carbonyl (C=O) groups is 1. The molecule has 0 spiro atoms. The predicted octanol–water partition coefficient (Wildman–Crippen LogP) is 0.0407. The van der Waals surface area contributed by atoms with Crippen LogP contribution >= 0.6 is 0 Å². The number of likely N-dealkylation sites (N-methyl/N-ethyl adjacent to an activating group) is 1. The van der Waals surface area contributed by atoms with Crippen molar-refractivity contribution in [2.45, 2.75) is 31.8 Å². The molecule has 17 heavy (non-hydrogen) atoms. The highest BCUT2D eigenvalue weighted by Gasteiger charge is 2.29. The van der Waals surface area contributed by atoms with E-state index in [0.29, 0.717) is 0 Å². The summed E-state index contributed by atoms with van der Waals surface area (Å²) in [6, 6.07) is 2.00. The van der Waals surface area contributed by atoms with Crippen molar-refractivity contribution >= 4 is 5.91 Å². The monoisotopic (exact) mass is 238 g/mol. The molecule has 1 aliphatic rings. The molecule has 1 rings (SSSR count). The van der Waals surface area contributed by atoms with Crippen LogP contribution in [0.4, 0.5) is 0 Å². The van der Waals surface area contributed by atoms with E-state index in [0.717, 1.165) is 26.1 Å². The second-order valence-electron chi connectivity index (χ2n) is 4.84. The first kappa shape index (κ1) is 13.9. The molecule has 2 unspecified atom stereocenters. The highest BCUT2D eigenvalue weighted by molar-refractivity contribution is 5.82. The van der Waals surface area contributed by atoms with E-state index >= 15 is 0 Å². The summed E-state index contributed by atoms with van der Waals surface area (Å²) in [4.78, 5) is 16.2. The predicted molar refractivity (Wildman–Crippen MR) is 66.4 cm³/mol. The van der Waals surface area contributed by atoms with Gasteiger partial charge in [-0.2, -0.15) is 5.26 Å². The Hall–Kier alpha value is -1.12. The third-order valence-electron chi connectivity index (χ3n) is 3.15. The molecule has 0 aromatic heterocycles. The van der Waals surface area contributed by atoms with Crippen LogP contribution in [0, 0.1) is 11.3 Å². The summed E-state index contributed by atoms with van der Waals surface area (Å²) in [6.07, 6.45) is 1.20. The highest BCUT2D eigenvalue weighted by atomic mass is 16.2. The molecule has 96 valence electrons. The fourth-order valence-electron chi connectivity index (χ4n) is 2.02. The lowest BCUT2D eigenvalue weighted by molar-refractivity contribution is -0.134. The second kappa shape index (κ2) is 6.58. The summed E-state index contributed by atoms with van der Waals surface area (Å²) in [7, 11) is 4.00. The maximum atomic E-state index is 12.3. The van der Waals surface area contributed by atoms with Gasteiger partial charge in [-0.15, -0.1) is 0 Å². The summed E-state index contributed by atoms with van der Waals surface area (Å²) < 4.78 is 0. The zero-order valence-corrected chi connectivity index (χ0v) is 10.9. The number of rotatable bonds is 4. The number of nitriles is 1. The lowest BCUT2D eigenvalue weighted by Crippen LogP contribution is -2.47. The van der Waals surface area contributed by atoms with Gasteiger partial charge >= 0.3 is 0 Å². The fraction of sp³-hybridized carbons (Fsp3) is 0.833. The van der Waals surface area contributed by atoms with Crippen LogP contribution in [-0.2, 0) is 4.79 Å². The van der Waals surface area contributed by atoms with Gasteiger partial charge in [0.05, 0.1) is 18.5 Å². The minimum Gasteiger partial charge on any atom is -0.337 e. The van der Waals surface area contributed by atoms with E-state index in [1.807, 2.05) is 19.0 Å². The van der Waals surface area contributed by atoms with Gasteiger partial charge in [0, 0.05) is 19.1 Å². The van der Waals surface area contributed by atoms with Gasteiger partial charge in [0.25, 0.3) is 0 Å². The molecular formula is C12H22N4O. The van der Waals surface area contributed by atoms with Crippen molar-refractivity contribution in [2.24, 2.45) is 0 Å². The van der Waals surface area contributed by atoms with E-state index < -0.39 is 0 Å². The third kappa shape index (κ3) is 3.99. The molecule has 1 N–H and O–H groups in total. The Morgan fingerprint density at radius 1 is 1.59 bits per heavy atom. The molecular weight excluding hydrogens is 216 g/mol. The van der Waals surface area contributed by atoms with Gasteiger partial charge in [0.1, 0.15) is 0 Å². The Morgan fingerprint density at radius 3 is 2.88 bits per heavy atom. The van der Waals surface area contributed by atoms with Crippen molar-refractivity contribution in [3.63, 3.8) is 0 Å². The quantitative estimate of drug-likeness (QED) is 0.751. The second-order valence-corrected chi connectivity index (χ2v) is 4.84. The maximum Gasteiger partial charge on any atom is 0.241 e. The first-order chi connectivity index (χ1) is 8.06. The highest BCUT2D eigenvalue weighted by Crippen LogP contribution is 2.11. The number of hydrogen-bond donors (Lipinski definition) is 1. The zero-order chi connectivity index (χ0) is 12.8.